The number of thioether (sulfide) groups is 1. The van der Waals surface area contributed by atoms with Crippen LogP contribution in [0, 0.1) is 0 Å². The molecule has 1 aromatic carbocycles. The van der Waals surface area contributed by atoms with Crippen LogP contribution in [0.1, 0.15) is 40.7 Å². The molecule has 4 rings (SSSR count). The lowest BCUT2D eigenvalue weighted by molar-refractivity contribution is 0.101. The first-order chi connectivity index (χ1) is 13.7. The molecule has 1 aliphatic carbocycles. The molecular formula is C20H21N3O4S. The Bertz CT molecular complexity index is 964. The fourth-order valence-corrected chi connectivity index (χ4v) is 3.82. The average Bonchev–Trinajstić information content (AvgIpc) is 3.29. The first-order valence-corrected chi connectivity index (χ1v) is 10.0. The Kier molecular flexibility index (Phi) is 5.38. The highest BCUT2D eigenvalue weighted by molar-refractivity contribution is 7.99. The molecule has 0 atom stereocenters. The number of furan rings is 1. The van der Waals surface area contributed by atoms with Gasteiger partial charge in [0, 0.05) is 12.0 Å². The zero-order chi connectivity index (χ0) is 19.5. The number of carbonyl (C=O) groups excluding carboxylic acids is 1. The predicted molar refractivity (Wildman–Crippen MR) is 104 cm³/mol. The van der Waals surface area contributed by atoms with Gasteiger partial charge in [-0.15, -0.1) is 10.2 Å². The van der Waals surface area contributed by atoms with Crippen LogP contribution < -0.4 is 9.47 Å². The summed E-state index contributed by atoms with van der Waals surface area (Å²) in [5.74, 6) is 3.61. The van der Waals surface area contributed by atoms with Crippen LogP contribution >= 0.6 is 11.8 Å². The molecule has 0 bridgehead atoms. The summed E-state index contributed by atoms with van der Waals surface area (Å²) in [6, 6.07) is 8.98. The van der Waals surface area contributed by atoms with E-state index in [4.69, 9.17) is 13.9 Å². The summed E-state index contributed by atoms with van der Waals surface area (Å²) in [6.45, 7) is 0.564. The van der Waals surface area contributed by atoms with E-state index in [0.717, 1.165) is 29.6 Å². The van der Waals surface area contributed by atoms with Crippen LogP contribution in [0.15, 0.2) is 46.2 Å². The number of carbonyl (C=O) groups is 1. The molecule has 2 heterocycles. The van der Waals surface area contributed by atoms with Gasteiger partial charge in [0.1, 0.15) is 23.1 Å². The second-order valence-corrected chi connectivity index (χ2v) is 7.50. The van der Waals surface area contributed by atoms with E-state index in [1.807, 2.05) is 12.1 Å². The van der Waals surface area contributed by atoms with Crippen molar-refractivity contribution in [1.29, 1.82) is 0 Å². The molecule has 0 saturated heterocycles. The SMILES string of the molecule is COc1ccc(C(=O)CSc2nnc(C3CC3)n2Cc2ccco2)c(OC)c1. The summed E-state index contributed by atoms with van der Waals surface area (Å²) in [4.78, 5) is 12.8. The summed E-state index contributed by atoms with van der Waals surface area (Å²) in [7, 11) is 3.12. The van der Waals surface area contributed by atoms with Gasteiger partial charge in [0.25, 0.3) is 0 Å². The number of benzene rings is 1. The fourth-order valence-electron chi connectivity index (χ4n) is 2.99. The first kappa shape index (κ1) is 18.6. The summed E-state index contributed by atoms with van der Waals surface area (Å²) in [5.41, 5.74) is 0.523. The maximum absolute atomic E-state index is 12.8. The van der Waals surface area contributed by atoms with E-state index in [0.29, 0.717) is 29.5 Å². The van der Waals surface area contributed by atoms with E-state index in [1.165, 1.54) is 11.8 Å². The molecule has 0 amide bonds. The lowest BCUT2D eigenvalue weighted by Crippen LogP contribution is -2.08. The van der Waals surface area contributed by atoms with E-state index < -0.39 is 0 Å². The summed E-state index contributed by atoms with van der Waals surface area (Å²) in [5, 5.41) is 9.41. The monoisotopic (exact) mass is 399 g/mol. The number of ether oxygens (including phenoxy) is 2. The van der Waals surface area contributed by atoms with E-state index in [9.17, 15) is 4.79 Å². The minimum absolute atomic E-state index is 0.0370. The van der Waals surface area contributed by atoms with Gasteiger partial charge >= 0.3 is 0 Å². The normalized spacial score (nSPS) is 13.5. The van der Waals surface area contributed by atoms with Gasteiger partial charge in [-0.25, -0.2) is 0 Å². The molecule has 1 saturated carbocycles. The van der Waals surface area contributed by atoms with E-state index >= 15 is 0 Å². The minimum Gasteiger partial charge on any atom is -0.497 e. The lowest BCUT2D eigenvalue weighted by atomic mass is 10.1. The first-order valence-electron chi connectivity index (χ1n) is 9.03. The highest BCUT2D eigenvalue weighted by Crippen LogP contribution is 2.40. The van der Waals surface area contributed by atoms with Crippen molar-refractivity contribution in [2.24, 2.45) is 0 Å². The van der Waals surface area contributed by atoms with Crippen LogP contribution in [0.4, 0.5) is 0 Å². The van der Waals surface area contributed by atoms with Crippen molar-refractivity contribution in [1.82, 2.24) is 14.8 Å². The number of Topliss-reactive ketones (excluding diaryl/α,β-unsaturated/α-hetero) is 1. The summed E-state index contributed by atoms with van der Waals surface area (Å²) >= 11 is 1.38. The topological polar surface area (TPSA) is 79.4 Å². The van der Waals surface area contributed by atoms with Crippen LogP contribution in [-0.2, 0) is 6.54 Å². The maximum Gasteiger partial charge on any atom is 0.192 e. The smallest absolute Gasteiger partial charge is 0.192 e. The number of aromatic nitrogens is 3. The molecule has 0 aliphatic heterocycles. The highest BCUT2D eigenvalue weighted by Gasteiger charge is 2.31. The molecule has 0 spiro atoms. The van der Waals surface area contributed by atoms with Crippen molar-refractivity contribution < 1.29 is 18.7 Å². The predicted octanol–water partition coefficient (Wildman–Crippen LogP) is 3.79. The molecule has 146 valence electrons. The Labute approximate surface area is 167 Å². The molecule has 2 aromatic heterocycles. The number of nitrogens with zero attached hydrogens (tertiary/aromatic N) is 3. The van der Waals surface area contributed by atoms with Crippen molar-refractivity contribution in [3.63, 3.8) is 0 Å². The number of methoxy groups -OCH3 is 2. The standard InChI is InChI=1S/C20H21N3O4S/c1-25-14-7-8-16(18(10-14)26-2)17(24)12-28-20-22-21-19(13-5-6-13)23(20)11-15-4-3-9-27-15/h3-4,7-10,13H,5-6,11-12H2,1-2H3. The van der Waals surface area contributed by atoms with Crippen LogP contribution in [-0.4, -0.2) is 40.5 Å². The van der Waals surface area contributed by atoms with E-state index in [-0.39, 0.29) is 11.5 Å². The molecule has 0 unspecified atom stereocenters. The molecule has 7 nitrogen and oxygen atoms in total. The van der Waals surface area contributed by atoms with Crippen LogP contribution in [0.5, 0.6) is 11.5 Å². The quantitative estimate of drug-likeness (QED) is 0.400. The van der Waals surface area contributed by atoms with Gasteiger partial charge < -0.3 is 13.9 Å². The summed E-state index contributed by atoms with van der Waals surface area (Å²) in [6.07, 6.45) is 3.91. The van der Waals surface area contributed by atoms with Crippen LogP contribution in [0.3, 0.4) is 0 Å². The van der Waals surface area contributed by atoms with Crippen molar-refractivity contribution in [3.8, 4) is 11.5 Å². The Hall–Kier alpha value is -2.74. The van der Waals surface area contributed by atoms with E-state index in [1.54, 1.807) is 38.7 Å². The van der Waals surface area contributed by atoms with Crippen molar-refractivity contribution in [2.45, 2.75) is 30.5 Å². The Balaban J connectivity index is 1.51. The summed E-state index contributed by atoms with van der Waals surface area (Å²) < 4.78 is 18.1. The van der Waals surface area contributed by atoms with Crippen LogP contribution in [0.25, 0.3) is 0 Å². The highest BCUT2D eigenvalue weighted by atomic mass is 32.2. The number of ketones is 1. The molecule has 0 N–H and O–H groups in total. The largest absolute Gasteiger partial charge is 0.497 e. The second-order valence-electron chi connectivity index (χ2n) is 6.56. The van der Waals surface area contributed by atoms with Gasteiger partial charge in [-0.05, 0) is 37.1 Å². The van der Waals surface area contributed by atoms with Crippen molar-refractivity contribution >= 4 is 17.5 Å². The fraction of sp³-hybridized carbons (Fsp3) is 0.350. The van der Waals surface area contributed by atoms with Gasteiger partial charge in [-0.1, -0.05) is 11.8 Å². The molecule has 0 radical (unpaired) electrons. The number of hydrogen-bond acceptors (Lipinski definition) is 7. The zero-order valence-electron chi connectivity index (χ0n) is 15.8. The van der Waals surface area contributed by atoms with Crippen molar-refractivity contribution in [2.75, 3.05) is 20.0 Å². The second kappa shape index (κ2) is 8.10. The van der Waals surface area contributed by atoms with Gasteiger partial charge in [-0.3, -0.25) is 9.36 Å². The lowest BCUT2D eigenvalue weighted by Gasteiger charge is -2.10. The number of rotatable bonds is 9. The molecule has 28 heavy (non-hydrogen) atoms. The molecule has 1 aliphatic rings. The number of hydrogen-bond donors (Lipinski definition) is 0. The maximum atomic E-state index is 12.8. The van der Waals surface area contributed by atoms with Gasteiger partial charge in [0.15, 0.2) is 10.9 Å². The third-order valence-corrected chi connectivity index (χ3v) is 5.59. The Morgan fingerprint density at radius 1 is 1.25 bits per heavy atom. The van der Waals surface area contributed by atoms with Gasteiger partial charge in [0.05, 0.1) is 38.3 Å². The molecule has 8 heteroatoms. The third kappa shape index (κ3) is 3.91. The van der Waals surface area contributed by atoms with Crippen LogP contribution in [0.2, 0.25) is 0 Å². The zero-order valence-corrected chi connectivity index (χ0v) is 16.6. The Morgan fingerprint density at radius 3 is 2.79 bits per heavy atom. The van der Waals surface area contributed by atoms with E-state index in [2.05, 4.69) is 14.8 Å². The van der Waals surface area contributed by atoms with Crippen molar-refractivity contribution in [3.05, 3.63) is 53.7 Å². The van der Waals surface area contributed by atoms with Gasteiger partial charge in [0.2, 0.25) is 0 Å². The Morgan fingerprint density at radius 2 is 2.11 bits per heavy atom. The molecule has 3 aromatic rings. The van der Waals surface area contributed by atoms with Gasteiger partial charge in [-0.2, -0.15) is 0 Å². The third-order valence-electron chi connectivity index (χ3n) is 4.62. The molecular weight excluding hydrogens is 378 g/mol. The minimum atomic E-state index is -0.0370. The molecule has 1 fully saturated rings. The average molecular weight is 399 g/mol.